The minimum atomic E-state index is -0.657. The van der Waals surface area contributed by atoms with Crippen molar-refractivity contribution in [2.75, 3.05) is 4.90 Å². The van der Waals surface area contributed by atoms with Crippen LogP contribution in [0.3, 0.4) is 0 Å². The Morgan fingerprint density at radius 1 is 0.935 bits per heavy atom. The van der Waals surface area contributed by atoms with Gasteiger partial charge in [-0.15, -0.1) is 0 Å². The molecule has 1 saturated heterocycles. The van der Waals surface area contributed by atoms with Gasteiger partial charge in [-0.25, -0.2) is 9.69 Å². The molecule has 31 heavy (non-hydrogen) atoms. The van der Waals surface area contributed by atoms with Gasteiger partial charge in [-0.2, -0.15) is 0 Å². The SMILES string of the molecule is O=Cc1ccccc1OC(=O)c1cccc(N2C(=O)[C@@H]3[C@@H]4C=C[C@H]([C@@H]5C[C@H]45)[C@H]3C2=O)c1. The summed E-state index contributed by atoms with van der Waals surface area (Å²) < 4.78 is 5.38. The molecule has 154 valence electrons. The Kier molecular flexibility index (Phi) is 3.81. The first-order valence-electron chi connectivity index (χ1n) is 10.5. The fourth-order valence-corrected chi connectivity index (χ4v) is 5.81. The van der Waals surface area contributed by atoms with Crippen molar-refractivity contribution in [1.29, 1.82) is 0 Å². The molecule has 5 aliphatic rings. The summed E-state index contributed by atoms with van der Waals surface area (Å²) in [5.74, 6) is -0.0522. The molecule has 1 heterocycles. The molecule has 2 bridgehead atoms. The molecule has 2 saturated carbocycles. The number of nitrogens with zero attached hydrogens (tertiary/aromatic N) is 1. The highest BCUT2D eigenvalue weighted by Gasteiger charge is 2.67. The maximum Gasteiger partial charge on any atom is 0.343 e. The highest BCUT2D eigenvalue weighted by Crippen LogP contribution is 2.65. The number of hydrogen-bond acceptors (Lipinski definition) is 5. The number of carbonyl (C=O) groups is 4. The van der Waals surface area contributed by atoms with Gasteiger partial charge in [0, 0.05) is 0 Å². The van der Waals surface area contributed by atoms with Gasteiger partial charge in [0.15, 0.2) is 6.29 Å². The number of para-hydroxylation sites is 1. The zero-order valence-electron chi connectivity index (χ0n) is 16.5. The van der Waals surface area contributed by atoms with Crippen LogP contribution in [0.25, 0.3) is 0 Å². The number of esters is 1. The first-order valence-corrected chi connectivity index (χ1v) is 10.5. The molecule has 0 spiro atoms. The molecule has 7 rings (SSSR count). The Morgan fingerprint density at radius 3 is 2.29 bits per heavy atom. The Balaban J connectivity index is 1.29. The van der Waals surface area contributed by atoms with Crippen LogP contribution in [0.5, 0.6) is 5.75 Å². The van der Waals surface area contributed by atoms with Crippen LogP contribution in [0, 0.1) is 35.5 Å². The molecular weight excluding hydrogens is 394 g/mol. The molecule has 4 aliphatic carbocycles. The summed E-state index contributed by atoms with van der Waals surface area (Å²) in [5, 5.41) is 0. The molecule has 2 aromatic carbocycles. The molecule has 2 amide bonds. The number of rotatable bonds is 4. The molecule has 6 atom stereocenters. The van der Waals surface area contributed by atoms with E-state index in [-0.39, 0.29) is 52.4 Å². The van der Waals surface area contributed by atoms with E-state index in [2.05, 4.69) is 12.2 Å². The van der Waals surface area contributed by atoms with Crippen LogP contribution in [0.4, 0.5) is 5.69 Å². The molecule has 3 fully saturated rings. The second kappa shape index (κ2) is 6.48. The first-order chi connectivity index (χ1) is 15.1. The van der Waals surface area contributed by atoms with Gasteiger partial charge in [-0.05, 0) is 60.4 Å². The fourth-order valence-electron chi connectivity index (χ4n) is 5.81. The third-order valence-corrected chi connectivity index (χ3v) is 7.25. The van der Waals surface area contributed by atoms with Gasteiger partial charge in [0.05, 0.1) is 28.7 Å². The molecule has 0 unspecified atom stereocenters. The lowest BCUT2D eigenvalue weighted by Crippen LogP contribution is -2.40. The number of anilines is 1. The second-order valence-corrected chi connectivity index (χ2v) is 8.76. The van der Waals surface area contributed by atoms with E-state index in [1.54, 1.807) is 36.4 Å². The van der Waals surface area contributed by atoms with Crippen molar-refractivity contribution in [3.63, 3.8) is 0 Å². The number of carbonyl (C=O) groups excluding carboxylic acids is 4. The van der Waals surface area contributed by atoms with E-state index in [9.17, 15) is 19.2 Å². The predicted molar refractivity (Wildman–Crippen MR) is 110 cm³/mol. The van der Waals surface area contributed by atoms with E-state index in [1.165, 1.54) is 17.0 Å². The van der Waals surface area contributed by atoms with Crippen LogP contribution >= 0.6 is 0 Å². The Hall–Kier alpha value is -3.54. The van der Waals surface area contributed by atoms with Crippen LogP contribution in [0.15, 0.2) is 60.7 Å². The Labute approximate surface area is 178 Å². The van der Waals surface area contributed by atoms with Crippen LogP contribution in [-0.4, -0.2) is 24.1 Å². The number of amides is 2. The van der Waals surface area contributed by atoms with Crippen molar-refractivity contribution in [3.05, 3.63) is 71.8 Å². The van der Waals surface area contributed by atoms with Gasteiger partial charge in [0.1, 0.15) is 5.75 Å². The van der Waals surface area contributed by atoms with Gasteiger partial charge >= 0.3 is 5.97 Å². The third-order valence-electron chi connectivity index (χ3n) is 7.25. The van der Waals surface area contributed by atoms with E-state index >= 15 is 0 Å². The standard InChI is InChI=1S/C25H19NO5/c27-12-14-4-1-2-7-20(14)31-25(30)13-5-3-6-15(10-13)26-23(28)21-16-8-9-17(19-11-18(16)19)22(21)24(26)29/h1-10,12,16-19,21-22H,11H2/t16-,17-,18-,19+,21-,22-/m1/s1. The number of ether oxygens (including phenoxy) is 1. The maximum atomic E-state index is 13.3. The van der Waals surface area contributed by atoms with E-state index in [1.807, 2.05) is 0 Å². The highest BCUT2D eigenvalue weighted by atomic mass is 16.5. The third kappa shape index (κ3) is 2.57. The predicted octanol–water partition coefficient (Wildman–Crippen LogP) is 3.28. The smallest absolute Gasteiger partial charge is 0.343 e. The Morgan fingerprint density at radius 2 is 1.61 bits per heavy atom. The highest BCUT2D eigenvalue weighted by molar-refractivity contribution is 6.23. The van der Waals surface area contributed by atoms with Crippen LogP contribution in [0.1, 0.15) is 27.1 Å². The topological polar surface area (TPSA) is 80.8 Å². The molecule has 6 heteroatoms. The van der Waals surface area contributed by atoms with Gasteiger partial charge in [-0.1, -0.05) is 30.4 Å². The molecule has 0 aromatic heterocycles. The number of hydrogen-bond donors (Lipinski definition) is 0. The van der Waals surface area contributed by atoms with Crippen molar-refractivity contribution in [1.82, 2.24) is 0 Å². The lowest BCUT2D eigenvalue weighted by Gasteiger charge is -2.37. The fraction of sp³-hybridized carbons (Fsp3) is 0.280. The van der Waals surface area contributed by atoms with Crippen molar-refractivity contribution in [2.24, 2.45) is 35.5 Å². The summed E-state index contributed by atoms with van der Waals surface area (Å²) in [6.07, 6.45) is 5.99. The molecule has 2 aromatic rings. The summed E-state index contributed by atoms with van der Waals surface area (Å²) in [6, 6.07) is 12.8. The monoisotopic (exact) mass is 413 g/mol. The molecule has 1 aliphatic heterocycles. The maximum absolute atomic E-state index is 13.3. The Bertz CT molecular complexity index is 1150. The minimum absolute atomic E-state index is 0.148. The quantitative estimate of drug-likeness (QED) is 0.253. The van der Waals surface area contributed by atoms with Crippen LogP contribution in [-0.2, 0) is 9.59 Å². The zero-order valence-corrected chi connectivity index (χ0v) is 16.5. The van der Waals surface area contributed by atoms with Crippen molar-refractivity contribution in [2.45, 2.75) is 6.42 Å². The number of allylic oxidation sites excluding steroid dienone is 2. The van der Waals surface area contributed by atoms with Gasteiger partial charge < -0.3 is 4.74 Å². The first kappa shape index (κ1) is 18.2. The van der Waals surface area contributed by atoms with E-state index in [0.29, 0.717) is 23.8 Å². The summed E-state index contributed by atoms with van der Waals surface area (Å²) >= 11 is 0. The average Bonchev–Trinajstić information content (AvgIpc) is 3.57. The number of benzene rings is 2. The molecule has 0 N–H and O–H groups in total. The van der Waals surface area contributed by atoms with Gasteiger partial charge in [-0.3, -0.25) is 14.4 Å². The van der Waals surface area contributed by atoms with E-state index < -0.39 is 5.97 Å². The molecule has 0 radical (unpaired) electrons. The number of aldehydes is 1. The lowest BCUT2D eigenvalue weighted by atomic mass is 9.63. The largest absolute Gasteiger partial charge is 0.422 e. The average molecular weight is 413 g/mol. The second-order valence-electron chi connectivity index (χ2n) is 8.76. The summed E-state index contributed by atoms with van der Waals surface area (Å²) in [5.41, 5.74) is 0.857. The minimum Gasteiger partial charge on any atom is -0.422 e. The van der Waals surface area contributed by atoms with E-state index in [4.69, 9.17) is 4.74 Å². The molecule has 6 nitrogen and oxygen atoms in total. The summed E-state index contributed by atoms with van der Waals surface area (Å²) in [7, 11) is 0. The van der Waals surface area contributed by atoms with Crippen LogP contribution < -0.4 is 9.64 Å². The van der Waals surface area contributed by atoms with Crippen LogP contribution in [0.2, 0.25) is 0 Å². The molecular formula is C25H19NO5. The summed E-state index contributed by atoms with van der Waals surface area (Å²) in [4.78, 5) is 51.7. The van der Waals surface area contributed by atoms with Gasteiger partial charge in [0.25, 0.3) is 0 Å². The van der Waals surface area contributed by atoms with Crippen molar-refractivity contribution in [3.8, 4) is 5.75 Å². The number of imide groups is 1. The lowest BCUT2D eigenvalue weighted by molar-refractivity contribution is -0.124. The van der Waals surface area contributed by atoms with Crippen molar-refractivity contribution < 1.29 is 23.9 Å². The van der Waals surface area contributed by atoms with Gasteiger partial charge in [0.2, 0.25) is 11.8 Å². The van der Waals surface area contributed by atoms with Crippen molar-refractivity contribution >= 4 is 29.8 Å². The normalized spacial score (nSPS) is 31.9. The summed E-state index contributed by atoms with van der Waals surface area (Å²) in [6.45, 7) is 0. The van der Waals surface area contributed by atoms with E-state index in [0.717, 1.165) is 6.42 Å². The zero-order chi connectivity index (χ0) is 21.3.